The molecule has 0 fully saturated rings. The van der Waals surface area contributed by atoms with E-state index in [9.17, 15) is 9.18 Å². The lowest BCUT2D eigenvalue weighted by molar-refractivity contribution is 0.182. The van der Waals surface area contributed by atoms with E-state index in [0.717, 1.165) is 22.6 Å². The number of carbonyl (C=O) groups is 1. The van der Waals surface area contributed by atoms with Crippen LogP contribution in [0.3, 0.4) is 0 Å². The van der Waals surface area contributed by atoms with Crippen LogP contribution >= 0.6 is 11.3 Å². The molecule has 2 amide bonds. The first-order chi connectivity index (χ1) is 12.5. The summed E-state index contributed by atoms with van der Waals surface area (Å²) in [5, 5.41) is 12.3. The highest BCUT2D eigenvalue weighted by molar-refractivity contribution is 7.07. The number of hydrogen-bond acceptors (Lipinski definition) is 4. The third kappa shape index (κ3) is 2.96. The normalized spacial score (nSPS) is 16.4. The number of halogens is 1. The highest BCUT2D eigenvalue weighted by Gasteiger charge is 2.31. The lowest BCUT2D eigenvalue weighted by Gasteiger charge is -2.33. The Bertz CT molecular complexity index is 953. The van der Waals surface area contributed by atoms with Crippen molar-refractivity contribution in [3.63, 3.8) is 0 Å². The van der Waals surface area contributed by atoms with Crippen molar-refractivity contribution >= 4 is 23.1 Å². The number of rotatable bonds is 2. The molecule has 3 aromatic rings. The summed E-state index contributed by atoms with van der Waals surface area (Å²) in [6.07, 6.45) is 0.697. The number of urea groups is 1. The van der Waals surface area contributed by atoms with Crippen molar-refractivity contribution in [3.05, 3.63) is 51.7 Å². The van der Waals surface area contributed by atoms with E-state index in [1.54, 1.807) is 29.5 Å². The van der Waals surface area contributed by atoms with Gasteiger partial charge in [-0.2, -0.15) is 5.10 Å². The average molecular weight is 371 g/mol. The van der Waals surface area contributed by atoms with Crippen LogP contribution in [0.4, 0.5) is 14.9 Å². The Balaban J connectivity index is 1.57. The van der Waals surface area contributed by atoms with Gasteiger partial charge in [0, 0.05) is 34.8 Å². The van der Waals surface area contributed by atoms with E-state index in [1.807, 2.05) is 12.3 Å². The Morgan fingerprint density at radius 1 is 1.46 bits per heavy atom. The van der Waals surface area contributed by atoms with Gasteiger partial charge in [-0.3, -0.25) is 5.10 Å². The van der Waals surface area contributed by atoms with Gasteiger partial charge in [0.25, 0.3) is 0 Å². The molecular weight excluding hydrogens is 353 g/mol. The second-order valence-electron chi connectivity index (χ2n) is 6.48. The Kier molecular flexibility index (Phi) is 4.20. The monoisotopic (exact) mass is 371 g/mol. The van der Waals surface area contributed by atoms with Crippen LogP contribution in [0.2, 0.25) is 0 Å². The quantitative estimate of drug-likeness (QED) is 0.716. The first kappa shape index (κ1) is 16.7. The summed E-state index contributed by atoms with van der Waals surface area (Å²) < 4.78 is 13.4. The fourth-order valence-electron chi connectivity index (χ4n) is 3.20. The predicted octanol–water partition coefficient (Wildman–Crippen LogP) is 3.96. The van der Waals surface area contributed by atoms with Crippen molar-refractivity contribution in [2.45, 2.75) is 32.9 Å². The highest BCUT2D eigenvalue weighted by Crippen LogP contribution is 2.30. The number of hydrogen-bond donors (Lipinski definition) is 2. The minimum atomic E-state index is -0.287. The number of anilines is 1. The van der Waals surface area contributed by atoms with E-state index in [1.165, 1.54) is 17.4 Å². The van der Waals surface area contributed by atoms with Gasteiger partial charge in [-0.05, 0) is 37.6 Å². The zero-order valence-corrected chi connectivity index (χ0v) is 15.2. The van der Waals surface area contributed by atoms with Gasteiger partial charge in [-0.25, -0.2) is 14.2 Å². The number of benzene rings is 1. The Labute approximate surface area is 154 Å². The molecule has 1 aliphatic heterocycles. The van der Waals surface area contributed by atoms with Crippen molar-refractivity contribution in [1.82, 2.24) is 20.1 Å². The molecule has 134 valence electrons. The number of thiazole rings is 1. The maximum absolute atomic E-state index is 13.4. The van der Waals surface area contributed by atoms with Crippen molar-refractivity contribution < 1.29 is 9.18 Å². The second-order valence-corrected chi connectivity index (χ2v) is 7.20. The molecule has 0 radical (unpaired) electrons. The van der Waals surface area contributed by atoms with Gasteiger partial charge < -0.3 is 10.2 Å². The van der Waals surface area contributed by atoms with E-state index in [0.29, 0.717) is 24.2 Å². The van der Waals surface area contributed by atoms with Crippen LogP contribution in [-0.4, -0.2) is 32.2 Å². The zero-order valence-electron chi connectivity index (χ0n) is 14.4. The average Bonchev–Trinajstić information content (AvgIpc) is 3.26. The smallest absolute Gasteiger partial charge is 0.317 e. The standard InChI is InChI=1S/C18H18FN5OS/c1-10-5-12(3-4-14(10)19)21-18(25)24-7-13-15(6-11(24)2)22-23-17(13)16-8-26-9-20-16/h3-5,8-9,11H,6-7H2,1-2H3,(H,21,25)(H,22,23). The summed E-state index contributed by atoms with van der Waals surface area (Å²) in [4.78, 5) is 18.9. The van der Waals surface area contributed by atoms with Gasteiger partial charge in [0.05, 0.1) is 12.1 Å². The number of amides is 2. The molecule has 2 N–H and O–H groups in total. The highest BCUT2D eigenvalue weighted by atomic mass is 32.1. The van der Waals surface area contributed by atoms with Gasteiger partial charge in [0.1, 0.15) is 17.2 Å². The topological polar surface area (TPSA) is 73.9 Å². The van der Waals surface area contributed by atoms with Gasteiger partial charge in [-0.15, -0.1) is 11.3 Å². The SMILES string of the molecule is Cc1cc(NC(=O)N2Cc3c(-c4cscn4)n[nH]c3CC2C)ccc1F. The molecule has 8 heteroatoms. The summed E-state index contributed by atoms with van der Waals surface area (Å²) in [5.74, 6) is -0.287. The Morgan fingerprint density at radius 3 is 3.04 bits per heavy atom. The molecule has 4 rings (SSSR count). The Hall–Kier alpha value is -2.74. The second kappa shape index (κ2) is 6.53. The van der Waals surface area contributed by atoms with Crippen LogP contribution in [-0.2, 0) is 13.0 Å². The molecule has 1 atom stereocenters. The van der Waals surface area contributed by atoms with Crippen LogP contribution in [0, 0.1) is 12.7 Å². The zero-order chi connectivity index (χ0) is 18.3. The first-order valence-corrected chi connectivity index (χ1v) is 9.25. The minimum Gasteiger partial charge on any atom is -0.317 e. The molecule has 0 saturated heterocycles. The van der Waals surface area contributed by atoms with Gasteiger partial charge in [0.15, 0.2) is 0 Å². The predicted molar refractivity (Wildman–Crippen MR) is 98.6 cm³/mol. The molecule has 0 bridgehead atoms. The summed E-state index contributed by atoms with van der Waals surface area (Å²) >= 11 is 1.51. The summed E-state index contributed by atoms with van der Waals surface area (Å²) in [6.45, 7) is 4.13. The minimum absolute atomic E-state index is 0.0211. The lowest BCUT2D eigenvalue weighted by Crippen LogP contribution is -2.44. The van der Waals surface area contributed by atoms with Crippen molar-refractivity contribution in [3.8, 4) is 11.4 Å². The number of aromatic amines is 1. The van der Waals surface area contributed by atoms with E-state index in [4.69, 9.17) is 0 Å². The van der Waals surface area contributed by atoms with Crippen LogP contribution in [0.15, 0.2) is 29.1 Å². The number of nitrogens with zero attached hydrogens (tertiary/aromatic N) is 3. The third-order valence-corrected chi connectivity index (χ3v) is 5.24. The molecule has 0 aliphatic carbocycles. The Morgan fingerprint density at radius 2 is 2.31 bits per heavy atom. The number of H-pyrrole nitrogens is 1. The largest absolute Gasteiger partial charge is 0.322 e. The van der Waals surface area contributed by atoms with Gasteiger partial charge in [0.2, 0.25) is 0 Å². The maximum Gasteiger partial charge on any atom is 0.322 e. The maximum atomic E-state index is 13.4. The molecule has 1 aromatic carbocycles. The fourth-order valence-corrected chi connectivity index (χ4v) is 3.74. The summed E-state index contributed by atoms with van der Waals surface area (Å²) in [6, 6.07) is 4.37. The molecule has 26 heavy (non-hydrogen) atoms. The number of fused-ring (bicyclic) bond motifs is 1. The molecule has 6 nitrogen and oxygen atoms in total. The van der Waals surface area contributed by atoms with Crippen molar-refractivity contribution in [2.24, 2.45) is 0 Å². The molecule has 0 spiro atoms. The summed E-state index contributed by atoms with van der Waals surface area (Å²) in [7, 11) is 0. The molecule has 1 aliphatic rings. The van der Waals surface area contributed by atoms with Crippen LogP contribution < -0.4 is 5.32 Å². The van der Waals surface area contributed by atoms with Gasteiger partial charge in [-0.1, -0.05) is 0 Å². The number of aryl methyl sites for hydroxylation is 1. The molecular formula is C18H18FN5OS. The third-order valence-electron chi connectivity index (χ3n) is 4.66. The van der Waals surface area contributed by atoms with Crippen LogP contribution in [0.1, 0.15) is 23.7 Å². The molecule has 1 unspecified atom stereocenters. The van der Waals surface area contributed by atoms with Crippen molar-refractivity contribution in [1.29, 1.82) is 0 Å². The van der Waals surface area contributed by atoms with E-state index in [-0.39, 0.29) is 17.9 Å². The number of nitrogens with one attached hydrogen (secondary N) is 2. The van der Waals surface area contributed by atoms with Crippen LogP contribution in [0.25, 0.3) is 11.4 Å². The lowest BCUT2D eigenvalue weighted by atomic mass is 9.99. The van der Waals surface area contributed by atoms with E-state index < -0.39 is 0 Å². The van der Waals surface area contributed by atoms with Gasteiger partial charge >= 0.3 is 6.03 Å². The van der Waals surface area contributed by atoms with E-state index in [2.05, 4.69) is 20.5 Å². The molecule has 0 saturated carbocycles. The first-order valence-electron chi connectivity index (χ1n) is 8.31. The number of aromatic nitrogens is 3. The summed E-state index contributed by atoms with van der Waals surface area (Å²) in [5.41, 5.74) is 6.50. The van der Waals surface area contributed by atoms with E-state index >= 15 is 0 Å². The number of carbonyl (C=O) groups excluding carboxylic acids is 1. The fraction of sp³-hybridized carbons (Fsp3) is 0.278. The molecule has 2 aromatic heterocycles. The van der Waals surface area contributed by atoms with Crippen molar-refractivity contribution in [2.75, 3.05) is 5.32 Å². The molecule has 3 heterocycles. The van der Waals surface area contributed by atoms with Crippen LogP contribution in [0.5, 0.6) is 0 Å².